The van der Waals surface area contributed by atoms with E-state index < -0.39 is 47.5 Å². The van der Waals surface area contributed by atoms with Crippen molar-refractivity contribution in [1.29, 1.82) is 0 Å². The van der Waals surface area contributed by atoms with Crippen LogP contribution < -0.4 is 21.3 Å². The highest BCUT2D eigenvalue weighted by Gasteiger charge is 2.32. The molecule has 0 spiro atoms. The third-order valence-electron chi connectivity index (χ3n) is 6.68. The van der Waals surface area contributed by atoms with Gasteiger partial charge in [0.1, 0.15) is 12.1 Å². The van der Waals surface area contributed by atoms with Gasteiger partial charge in [-0.1, -0.05) is 70.9 Å². The number of amides is 4. The zero-order valence-electron chi connectivity index (χ0n) is 24.6. The van der Waals surface area contributed by atoms with Gasteiger partial charge in [0.15, 0.2) is 0 Å². The molecule has 2 aromatic rings. The molecular formula is C31H43N5O5. The van der Waals surface area contributed by atoms with Gasteiger partial charge in [-0.25, -0.2) is 0 Å². The topological polar surface area (TPSA) is 146 Å². The summed E-state index contributed by atoms with van der Waals surface area (Å²) in [5.41, 5.74) is 1.16. The SMILES string of the molecule is CCCC(CCC)NC(=O)C(=O)C(NC(=O)[C@H](C)NC(=O)[C@@H](Cc1ccccc1)NC(=O)c1ccncc1)C(C)C. The Kier molecular flexibility index (Phi) is 13.6. The third kappa shape index (κ3) is 10.8. The molecule has 41 heavy (non-hydrogen) atoms. The van der Waals surface area contributed by atoms with Crippen molar-refractivity contribution < 1.29 is 24.0 Å². The van der Waals surface area contributed by atoms with Gasteiger partial charge in [0.05, 0.1) is 6.04 Å². The smallest absolute Gasteiger partial charge is 0.289 e. The monoisotopic (exact) mass is 565 g/mol. The Morgan fingerprint density at radius 3 is 1.93 bits per heavy atom. The molecule has 1 aromatic carbocycles. The molecule has 0 saturated carbocycles. The van der Waals surface area contributed by atoms with Gasteiger partial charge in [0.2, 0.25) is 17.6 Å². The van der Waals surface area contributed by atoms with Gasteiger partial charge in [-0.05, 0) is 43.4 Å². The van der Waals surface area contributed by atoms with Crippen molar-refractivity contribution >= 4 is 29.4 Å². The first-order chi connectivity index (χ1) is 19.6. The number of benzene rings is 1. The first-order valence-corrected chi connectivity index (χ1v) is 14.3. The molecule has 0 bridgehead atoms. The third-order valence-corrected chi connectivity index (χ3v) is 6.68. The first kappa shape index (κ1) is 33.1. The minimum absolute atomic E-state index is 0.105. The minimum atomic E-state index is -1.06. The number of carbonyl (C=O) groups excluding carboxylic acids is 5. The summed E-state index contributed by atoms with van der Waals surface area (Å²) in [6.07, 6.45) is 6.42. The maximum Gasteiger partial charge on any atom is 0.289 e. The maximum atomic E-state index is 13.3. The van der Waals surface area contributed by atoms with Crippen LogP contribution in [0.2, 0.25) is 0 Å². The average Bonchev–Trinajstić information content (AvgIpc) is 2.96. The lowest BCUT2D eigenvalue weighted by Gasteiger charge is -2.25. The predicted octanol–water partition coefficient (Wildman–Crippen LogP) is 2.72. The number of ketones is 1. The Labute approximate surface area is 242 Å². The molecule has 3 atom stereocenters. The number of carbonyl (C=O) groups is 5. The van der Waals surface area contributed by atoms with Crippen molar-refractivity contribution in [2.45, 2.75) is 90.9 Å². The molecular weight excluding hydrogens is 522 g/mol. The van der Waals surface area contributed by atoms with Gasteiger partial charge in [-0.3, -0.25) is 29.0 Å². The number of hydrogen-bond acceptors (Lipinski definition) is 6. The highest BCUT2D eigenvalue weighted by Crippen LogP contribution is 2.09. The molecule has 0 aliphatic rings. The minimum Gasteiger partial charge on any atom is -0.347 e. The first-order valence-electron chi connectivity index (χ1n) is 14.3. The summed E-state index contributed by atoms with van der Waals surface area (Å²) >= 11 is 0. The van der Waals surface area contributed by atoms with Crippen molar-refractivity contribution in [1.82, 2.24) is 26.3 Å². The second-order valence-corrected chi connectivity index (χ2v) is 10.5. The zero-order valence-corrected chi connectivity index (χ0v) is 24.6. The fraction of sp³-hybridized carbons (Fsp3) is 0.484. The van der Waals surface area contributed by atoms with E-state index in [0.29, 0.717) is 5.56 Å². The Morgan fingerprint density at radius 1 is 0.756 bits per heavy atom. The number of Topliss-reactive ketones (excluding diaryl/α,β-unsaturated/α-hetero) is 1. The normalized spacial score (nSPS) is 13.1. The highest BCUT2D eigenvalue weighted by molar-refractivity contribution is 6.38. The Morgan fingerprint density at radius 2 is 1.37 bits per heavy atom. The van der Waals surface area contributed by atoms with E-state index in [1.54, 1.807) is 13.8 Å². The van der Waals surface area contributed by atoms with Crippen LogP contribution >= 0.6 is 0 Å². The van der Waals surface area contributed by atoms with Crippen molar-refractivity contribution in [2.24, 2.45) is 5.92 Å². The van der Waals surface area contributed by atoms with Crippen molar-refractivity contribution in [3.63, 3.8) is 0 Å². The van der Waals surface area contributed by atoms with Crippen LogP contribution in [0.1, 0.15) is 76.2 Å². The zero-order chi connectivity index (χ0) is 30.4. The molecule has 1 heterocycles. The number of aromatic nitrogens is 1. The molecule has 2 rings (SSSR count). The highest BCUT2D eigenvalue weighted by atomic mass is 16.2. The standard InChI is InChI=1S/C31H43N5O5/c1-6-11-24(12-7-2)34-31(41)27(37)26(20(3)4)36-28(38)21(5)33-30(40)25(19-22-13-9-8-10-14-22)35-29(39)23-15-17-32-18-16-23/h8-10,13-18,20-21,24-26H,6-7,11-12,19H2,1-5H3,(H,33,40)(H,34,41)(H,35,39)(H,36,38)/t21-,25+,26?/m0/s1. The summed E-state index contributed by atoms with van der Waals surface area (Å²) in [6.45, 7) is 8.98. The number of pyridine rings is 1. The van der Waals surface area contributed by atoms with Gasteiger partial charge >= 0.3 is 0 Å². The van der Waals surface area contributed by atoms with E-state index in [1.807, 2.05) is 44.2 Å². The molecule has 0 aliphatic heterocycles. The molecule has 222 valence electrons. The van der Waals surface area contributed by atoms with E-state index in [-0.39, 0.29) is 18.4 Å². The van der Waals surface area contributed by atoms with E-state index in [4.69, 9.17) is 0 Å². The van der Waals surface area contributed by atoms with Crippen LogP contribution in [-0.4, -0.2) is 58.6 Å². The van der Waals surface area contributed by atoms with Crippen LogP contribution in [0, 0.1) is 5.92 Å². The quantitative estimate of drug-likeness (QED) is 0.230. The number of nitrogens with zero attached hydrogens (tertiary/aromatic N) is 1. The Bertz CT molecular complexity index is 1150. The molecule has 1 unspecified atom stereocenters. The summed E-state index contributed by atoms with van der Waals surface area (Å²) in [5.74, 6) is -3.45. The van der Waals surface area contributed by atoms with E-state index in [9.17, 15) is 24.0 Å². The summed E-state index contributed by atoms with van der Waals surface area (Å²) in [5, 5.41) is 10.8. The molecule has 1 aromatic heterocycles. The van der Waals surface area contributed by atoms with Crippen molar-refractivity contribution in [3.05, 3.63) is 66.0 Å². The van der Waals surface area contributed by atoms with E-state index in [2.05, 4.69) is 26.3 Å². The number of rotatable bonds is 16. The van der Waals surface area contributed by atoms with Gasteiger partial charge in [0, 0.05) is 30.4 Å². The van der Waals surface area contributed by atoms with Crippen LogP contribution in [0.25, 0.3) is 0 Å². The molecule has 0 fully saturated rings. The average molecular weight is 566 g/mol. The maximum absolute atomic E-state index is 13.3. The molecule has 4 amide bonds. The Balaban J connectivity index is 2.10. The fourth-order valence-corrected chi connectivity index (χ4v) is 4.38. The van der Waals surface area contributed by atoms with Gasteiger partial charge in [0.25, 0.3) is 11.8 Å². The molecule has 10 nitrogen and oxygen atoms in total. The second-order valence-electron chi connectivity index (χ2n) is 10.5. The predicted molar refractivity (Wildman–Crippen MR) is 157 cm³/mol. The van der Waals surface area contributed by atoms with Crippen LogP contribution in [0.5, 0.6) is 0 Å². The van der Waals surface area contributed by atoms with E-state index in [1.165, 1.54) is 31.5 Å². The van der Waals surface area contributed by atoms with Gasteiger partial charge in [-0.2, -0.15) is 0 Å². The van der Waals surface area contributed by atoms with E-state index >= 15 is 0 Å². The van der Waals surface area contributed by atoms with Crippen molar-refractivity contribution in [2.75, 3.05) is 0 Å². The molecule has 0 aliphatic carbocycles. The lowest BCUT2D eigenvalue weighted by atomic mass is 9.98. The largest absolute Gasteiger partial charge is 0.347 e. The second kappa shape index (κ2) is 16.9. The number of nitrogens with one attached hydrogen (secondary N) is 4. The van der Waals surface area contributed by atoms with E-state index in [0.717, 1.165) is 31.2 Å². The van der Waals surface area contributed by atoms with Crippen molar-refractivity contribution in [3.8, 4) is 0 Å². The summed E-state index contributed by atoms with van der Waals surface area (Å²) < 4.78 is 0. The lowest BCUT2D eigenvalue weighted by Crippen LogP contribution is -2.57. The van der Waals surface area contributed by atoms with Crippen LogP contribution in [0.4, 0.5) is 0 Å². The van der Waals surface area contributed by atoms with Gasteiger partial charge < -0.3 is 21.3 Å². The molecule has 0 saturated heterocycles. The summed E-state index contributed by atoms with van der Waals surface area (Å²) in [4.78, 5) is 68.8. The van der Waals surface area contributed by atoms with Crippen LogP contribution in [-0.2, 0) is 25.6 Å². The summed E-state index contributed by atoms with van der Waals surface area (Å²) in [7, 11) is 0. The lowest BCUT2D eigenvalue weighted by molar-refractivity contribution is -0.141. The molecule has 4 N–H and O–H groups in total. The van der Waals surface area contributed by atoms with Crippen LogP contribution in [0.3, 0.4) is 0 Å². The molecule has 10 heteroatoms. The number of hydrogen-bond donors (Lipinski definition) is 4. The Hall–Kier alpha value is -4.08. The van der Waals surface area contributed by atoms with Crippen LogP contribution in [0.15, 0.2) is 54.9 Å². The fourth-order valence-electron chi connectivity index (χ4n) is 4.38. The molecule has 0 radical (unpaired) electrons. The van der Waals surface area contributed by atoms with Gasteiger partial charge in [-0.15, -0.1) is 0 Å². The summed E-state index contributed by atoms with van der Waals surface area (Å²) in [6, 6.07) is 9.08.